The molecule has 0 spiro atoms. The second kappa shape index (κ2) is 8.08. The van der Waals surface area contributed by atoms with Crippen LogP contribution >= 0.6 is 0 Å². The second-order valence-corrected chi connectivity index (χ2v) is 7.30. The van der Waals surface area contributed by atoms with Crippen molar-refractivity contribution in [3.63, 3.8) is 0 Å². The minimum Gasteiger partial charge on any atom is -0.495 e. The van der Waals surface area contributed by atoms with Crippen LogP contribution in [-0.4, -0.2) is 50.0 Å². The molecule has 1 aromatic carbocycles. The summed E-state index contributed by atoms with van der Waals surface area (Å²) in [7, 11) is 1.57. The third-order valence-corrected chi connectivity index (χ3v) is 5.85. The van der Waals surface area contributed by atoms with E-state index in [2.05, 4.69) is 10.6 Å². The highest BCUT2D eigenvalue weighted by Crippen LogP contribution is 2.45. The van der Waals surface area contributed by atoms with Gasteiger partial charge >= 0.3 is 0 Å². The van der Waals surface area contributed by atoms with Crippen LogP contribution in [0.1, 0.15) is 32.6 Å². The van der Waals surface area contributed by atoms with Gasteiger partial charge < -0.3 is 20.3 Å². The van der Waals surface area contributed by atoms with Gasteiger partial charge in [0.1, 0.15) is 5.75 Å². The number of para-hydroxylation sites is 2. The molecule has 2 fully saturated rings. The highest BCUT2D eigenvalue weighted by Gasteiger charge is 2.51. The normalized spacial score (nSPS) is 24.6. The lowest BCUT2D eigenvalue weighted by Gasteiger charge is -2.40. The molecule has 6 nitrogen and oxygen atoms in total. The Morgan fingerprint density at radius 3 is 2.92 bits per heavy atom. The maximum Gasteiger partial charge on any atom is 0.244 e. The number of likely N-dealkylation sites (N-methyl/N-ethyl adjacent to an activating group) is 1. The molecule has 1 saturated carbocycles. The zero-order valence-electron chi connectivity index (χ0n) is 15.7. The summed E-state index contributed by atoms with van der Waals surface area (Å²) in [4.78, 5) is 27.6. The van der Waals surface area contributed by atoms with E-state index in [0.717, 1.165) is 32.4 Å². The summed E-state index contributed by atoms with van der Waals surface area (Å²) < 4.78 is 5.27. The zero-order valence-corrected chi connectivity index (χ0v) is 15.7. The standard InChI is InChI=1S/C20H29N3O3/c1-3-23(13-18(24)22-16-9-4-5-10-17(16)26-2)19(25)20-11-7-6-8-15(20)12-21-14-20/h4-5,9-10,15,21H,3,6-8,11-14H2,1-2H3,(H,22,24)/t15-,20+/m0/s1. The van der Waals surface area contributed by atoms with Crippen LogP contribution in [0.4, 0.5) is 5.69 Å². The first-order valence-corrected chi connectivity index (χ1v) is 9.53. The van der Waals surface area contributed by atoms with Crippen molar-refractivity contribution in [1.82, 2.24) is 10.2 Å². The zero-order chi connectivity index (χ0) is 18.6. The monoisotopic (exact) mass is 359 g/mol. The number of carbonyl (C=O) groups is 2. The molecule has 26 heavy (non-hydrogen) atoms. The van der Waals surface area contributed by atoms with Gasteiger partial charge in [0, 0.05) is 13.1 Å². The van der Waals surface area contributed by atoms with Gasteiger partial charge in [0.15, 0.2) is 0 Å². The van der Waals surface area contributed by atoms with Gasteiger partial charge in [-0.25, -0.2) is 0 Å². The van der Waals surface area contributed by atoms with Crippen molar-refractivity contribution in [2.75, 3.05) is 38.6 Å². The molecule has 1 heterocycles. The van der Waals surface area contributed by atoms with Gasteiger partial charge in [0.05, 0.1) is 24.8 Å². The van der Waals surface area contributed by atoms with E-state index >= 15 is 0 Å². The van der Waals surface area contributed by atoms with Crippen LogP contribution in [0.3, 0.4) is 0 Å². The Labute approximate surface area is 155 Å². The smallest absolute Gasteiger partial charge is 0.244 e. The van der Waals surface area contributed by atoms with E-state index in [1.54, 1.807) is 24.1 Å². The summed E-state index contributed by atoms with van der Waals surface area (Å²) in [6, 6.07) is 7.29. The Bertz CT molecular complexity index is 663. The van der Waals surface area contributed by atoms with Crippen LogP contribution in [0.15, 0.2) is 24.3 Å². The molecular weight excluding hydrogens is 330 g/mol. The summed E-state index contributed by atoms with van der Waals surface area (Å²) in [5.41, 5.74) is 0.304. The van der Waals surface area contributed by atoms with Crippen molar-refractivity contribution in [1.29, 1.82) is 0 Å². The van der Waals surface area contributed by atoms with Crippen molar-refractivity contribution in [3.05, 3.63) is 24.3 Å². The summed E-state index contributed by atoms with van der Waals surface area (Å²) in [6.45, 7) is 4.19. The highest BCUT2D eigenvalue weighted by atomic mass is 16.5. The third kappa shape index (κ3) is 3.56. The van der Waals surface area contributed by atoms with Gasteiger partial charge in [-0.15, -0.1) is 0 Å². The molecule has 0 aromatic heterocycles. The van der Waals surface area contributed by atoms with Crippen LogP contribution in [0.2, 0.25) is 0 Å². The molecule has 1 aromatic rings. The fraction of sp³-hybridized carbons (Fsp3) is 0.600. The SMILES string of the molecule is CCN(CC(=O)Nc1ccccc1OC)C(=O)[C@@]12CCCC[C@H]1CNC2. The number of benzene rings is 1. The van der Waals surface area contributed by atoms with Gasteiger partial charge in [-0.05, 0) is 44.4 Å². The number of carbonyl (C=O) groups excluding carboxylic acids is 2. The molecule has 142 valence electrons. The van der Waals surface area contributed by atoms with E-state index in [1.165, 1.54) is 6.42 Å². The van der Waals surface area contributed by atoms with Crippen LogP contribution in [0, 0.1) is 11.3 Å². The van der Waals surface area contributed by atoms with Gasteiger partial charge in [0.2, 0.25) is 11.8 Å². The van der Waals surface area contributed by atoms with E-state index in [-0.39, 0.29) is 23.8 Å². The predicted octanol–water partition coefficient (Wildman–Crippen LogP) is 2.26. The largest absolute Gasteiger partial charge is 0.495 e. The molecule has 2 amide bonds. The number of nitrogens with zero attached hydrogens (tertiary/aromatic N) is 1. The average Bonchev–Trinajstić information content (AvgIpc) is 3.11. The lowest BCUT2D eigenvalue weighted by Crippen LogP contribution is -2.51. The average molecular weight is 359 g/mol. The summed E-state index contributed by atoms with van der Waals surface area (Å²) in [6.07, 6.45) is 4.31. The number of methoxy groups -OCH3 is 1. The highest BCUT2D eigenvalue weighted by molar-refractivity contribution is 5.96. The molecule has 6 heteroatoms. The van der Waals surface area contributed by atoms with Crippen molar-refractivity contribution in [2.24, 2.45) is 11.3 Å². The summed E-state index contributed by atoms with van der Waals surface area (Å²) >= 11 is 0. The molecule has 1 saturated heterocycles. The first kappa shape index (κ1) is 18.7. The first-order chi connectivity index (χ1) is 12.6. The van der Waals surface area contributed by atoms with Gasteiger partial charge in [-0.1, -0.05) is 25.0 Å². The molecule has 1 aliphatic heterocycles. The van der Waals surface area contributed by atoms with Crippen molar-refractivity contribution in [3.8, 4) is 5.75 Å². The number of rotatable bonds is 6. The Kier molecular flexibility index (Phi) is 5.81. The van der Waals surface area contributed by atoms with E-state index in [4.69, 9.17) is 4.74 Å². The van der Waals surface area contributed by atoms with Gasteiger partial charge in [-0.2, -0.15) is 0 Å². The maximum atomic E-state index is 13.3. The Balaban J connectivity index is 1.68. The Morgan fingerprint density at radius 2 is 2.15 bits per heavy atom. The maximum absolute atomic E-state index is 13.3. The molecular formula is C20H29N3O3. The fourth-order valence-electron chi connectivity index (χ4n) is 4.42. The fourth-order valence-corrected chi connectivity index (χ4v) is 4.42. The number of hydrogen-bond donors (Lipinski definition) is 2. The Hall–Kier alpha value is -2.08. The van der Waals surface area contributed by atoms with E-state index < -0.39 is 0 Å². The second-order valence-electron chi connectivity index (χ2n) is 7.30. The molecule has 0 radical (unpaired) electrons. The molecule has 0 unspecified atom stereocenters. The third-order valence-electron chi connectivity index (χ3n) is 5.85. The number of amides is 2. The molecule has 0 bridgehead atoms. The first-order valence-electron chi connectivity index (χ1n) is 9.53. The predicted molar refractivity (Wildman–Crippen MR) is 101 cm³/mol. The van der Waals surface area contributed by atoms with Crippen molar-refractivity contribution < 1.29 is 14.3 Å². The Morgan fingerprint density at radius 1 is 1.35 bits per heavy atom. The van der Waals surface area contributed by atoms with Crippen LogP contribution in [0.5, 0.6) is 5.75 Å². The van der Waals surface area contributed by atoms with Crippen molar-refractivity contribution in [2.45, 2.75) is 32.6 Å². The van der Waals surface area contributed by atoms with Gasteiger partial charge in [0.25, 0.3) is 0 Å². The molecule has 2 atom stereocenters. The molecule has 2 N–H and O–H groups in total. The number of hydrogen-bond acceptors (Lipinski definition) is 4. The van der Waals surface area contributed by atoms with E-state index in [9.17, 15) is 9.59 Å². The van der Waals surface area contributed by atoms with E-state index in [0.29, 0.717) is 23.9 Å². The lowest BCUT2D eigenvalue weighted by atomic mass is 9.67. The quantitative estimate of drug-likeness (QED) is 0.817. The van der Waals surface area contributed by atoms with Crippen LogP contribution in [-0.2, 0) is 9.59 Å². The van der Waals surface area contributed by atoms with Gasteiger partial charge in [-0.3, -0.25) is 9.59 Å². The molecule has 1 aliphatic carbocycles. The number of ether oxygens (including phenoxy) is 1. The minimum absolute atomic E-state index is 0.0713. The van der Waals surface area contributed by atoms with Crippen LogP contribution < -0.4 is 15.4 Å². The summed E-state index contributed by atoms with van der Waals surface area (Å²) in [5, 5.41) is 6.28. The van der Waals surface area contributed by atoms with Crippen LogP contribution in [0.25, 0.3) is 0 Å². The van der Waals surface area contributed by atoms with Crippen molar-refractivity contribution >= 4 is 17.5 Å². The molecule has 2 aliphatic rings. The van der Waals surface area contributed by atoms with E-state index in [1.807, 2.05) is 19.1 Å². The number of fused-ring (bicyclic) bond motifs is 1. The molecule has 3 rings (SSSR count). The summed E-state index contributed by atoms with van der Waals surface area (Å²) in [5.74, 6) is 0.945. The minimum atomic E-state index is -0.320. The number of anilines is 1. The lowest BCUT2D eigenvalue weighted by molar-refractivity contribution is -0.147. The topological polar surface area (TPSA) is 70.7 Å². The number of nitrogens with one attached hydrogen (secondary N) is 2.